The maximum atomic E-state index is 11.7. The number of nitrogens with one attached hydrogen (secondary N) is 2. The second-order valence-corrected chi connectivity index (χ2v) is 6.48. The maximum Gasteiger partial charge on any atom is 1.00 e. The second-order valence-electron chi connectivity index (χ2n) is 6.48. The molecule has 6 N–H and O–H groups in total. The van der Waals surface area contributed by atoms with E-state index in [4.69, 9.17) is 11.5 Å². The van der Waals surface area contributed by atoms with Gasteiger partial charge < -0.3 is 31.3 Å². The van der Waals surface area contributed by atoms with Crippen LogP contribution < -0.4 is 103 Å². The van der Waals surface area contributed by atoms with Gasteiger partial charge >= 0.3 is 59.1 Å². The number of nitrogens with two attached hydrogens (primary N) is 2. The molecule has 0 bridgehead atoms. The summed E-state index contributed by atoms with van der Waals surface area (Å²) in [5, 5.41) is 27.4. The SMILES string of the molecule is Cn1nc(C(=O)[O-])c(=O)c2c(=O)[nH]c(N)nc21.Cn1nc(C(=O)[O-])c(=O)c2c(=O)[nH]c(N)nc21.[Na+].[Na+]. The van der Waals surface area contributed by atoms with Gasteiger partial charge in [-0.2, -0.15) is 20.2 Å². The van der Waals surface area contributed by atoms with Crippen LogP contribution in [-0.4, -0.2) is 51.4 Å². The van der Waals surface area contributed by atoms with Crippen molar-refractivity contribution in [2.45, 2.75) is 0 Å². The number of carbonyl (C=O) groups excluding carboxylic acids is 2. The first-order valence-corrected chi connectivity index (χ1v) is 8.79. The molecule has 0 radical (unpaired) electrons. The van der Waals surface area contributed by atoms with Gasteiger partial charge in [-0.25, -0.2) is 9.36 Å². The van der Waals surface area contributed by atoms with Crippen molar-refractivity contribution < 1.29 is 78.9 Å². The first-order chi connectivity index (χ1) is 15.8. The minimum Gasteiger partial charge on any atom is -0.543 e. The van der Waals surface area contributed by atoms with Crippen LogP contribution in [0, 0.1) is 0 Å². The molecule has 0 saturated heterocycles. The normalized spacial score (nSPS) is 10.1. The Balaban J connectivity index is 0.000000341. The zero-order chi connectivity index (χ0) is 25.5. The first-order valence-electron chi connectivity index (χ1n) is 8.79. The Kier molecular flexibility index (Phi) is 9.82. The number of H-pyrrole nitrogens is 2. The minimum atomic E-state index is -1.76. The predicted octanol–water partition coefficient (Wildman–Crippen LogP) is -12.1. The summed E-state index contributed by atoms with van der Waals surface area (Å²) in [6.07, 6.45) is 0. The van der Waals surface area contributed by atoms with Crippen LogP contribution in [0.2, 0.25) is 0 Å². The monoisotopic (exact) mass is 518 g/mol. The third-order valence-corrected chi connectivity index (χ3v) is 4.22. The van der Waals surface area contributed by atoms with Crippen molar-refractivity contribution >= 4 is 45.9 Å². The molecule has 0 aliphatic carbocycles. The Bertz CT molecular complexity index is 1630. The zero-order valence-corrected chi connectivity index (χ0v) is 23.1. The molecule has 0 aromatic carbocycles. The quantitative estimate of drug-likeness (QED) is 0.179. The van der Waals surface area contributed by atoms with Gasteiger partial charge in [0.25, 0.3) is 11.1 Å². The number of nitrogen functional groups attached to an aromatic ring is 2. The Hall–Kier alpha value is -3.42. The van der Waals surface area contributed by atoms with Crippen LogP contribution in [0.5, 0.6) is 0 Å². The molecule has 176 valence electrons. The van der Waals surface area contributed by atoms with Crippen LogP contribution in [0.25, 0.3) is 22.1 Å². The fourth-order valence-electron chi connectivity index (χ4n) is 2.82. The van der Waals surface area contributed by atoms with Gasteiger partial charge in [0, 0.05) is 14.1 Å². The van der Waals surface area contributed by atoms with Gasteiger partial charge in [-0.3, -0.25) is 29.1 Å². The van der Waals surface area contributed by atoms with Gasteiger partial charge in [0.2, 0.25) is 22.8 Å². The molecule has 20 heteroatoms. The van der Waals surface area contributed by atoms with Crippen LogP contribution in [0.1, 0.15) is 21.0 Å². The van der Waals surface area contributed by atoms with Crippen molar-refractivity contribution in [3.05, 3.63) is 52.5 Å². The molecule has 18 nitrogen and oxygen atoms in total. The van der Waals surface area contributed by atoms with E-state index in [0.29, 0.717) is 0 Å². The number of carbonyl (C=O) groups is 2. The van der Waals surface area contributed by atoms with Crippen LogP contribution in [0.15, 0.2) is 19.2 Å². The van der Waals surface area contributed by atoms with Crippen molar-refractivity contribution in [2.24, 2.45) is 14.1 Å². The number of hydrogen-bond donors (Lipinski definition) is 4. The Morgan fingerprint density at radius 3 is 1.31 bits per heavy atom. The van der Waals surface area contributed by atoms with E-state index in [9.17, 15) is 39.0 Å². The summed E-state index contributed by atoms with van der Waals surface area (Å²) in [5.74, 6) is -3.91. The molecular formula is C16H12N10Na2O8. The molecule has 0 aliphatic rings. The first kappa shape index (κ1) is 30.6. The largest absolute Gasteiger partial charge is 1.00 e. The third-order valence-electron chi connectivity index (χ3n) is 4.22. The van der Waals surface area contributed by atoms with Crippen LogP contribution in [-0.2, 0) is 14.1 Å². The number of carboxylic acids is 2. The average molecular weight is 518 g/mol. The molecule has 4 aromatic rings. The van der Waals surface area contributed by atoms with Gasteiger partial charge in [0.1, 0.15) is 10.8 Å². The van der Waals surface area contributed by atoms with Crippen molar-refractivity contribution in [3.63, 3.8) is 0 Å². The van der Waals surface area contributed by atoms with Gasteiger partial charge in [-0.05, 0) is 0 Å². The molecule has 0 saturated carbocycles. The minimum absolute atomic E-state index is 0. The molecule has 0 aliphatic heterocycles. The van der Waals surface area contributed by atoms with Crippen molar-refractivity contribution in [1.82, 2.24) is 39.5 Å². The van der Waals surface area contributed by atoms with Gasteiger partial charge in [0.05, 0.1) is 11.9 Å². The molecule has 0 amide bonds. The number of hydrogen-bond acceptors (Lipinski definition) is 14. The summed E-state index contributed by atoms with van der Waals surface area (Å²) in [6.45, 7) is 0. The molecule has 0 spiro atoms. The van der Waals surface area contributed by atoms with E-state index in [1.54, 1.807) is 0 Å². The van der Waals surface area contributed by atoms with Crippen LogP contribution in [0.3, 0.4) is 0 Å². The van der Waals surface area contributed by atoms with Crippen molar-refractivity contribution in [3.8, 4) is 0 Å². The van der Waals surface area contributed by atoms with E-state index in [0.717, 1.165) is 9.36 Å². The number of nitrogens with zero attached hydrogens (tertiary/aromatic N) is 6. The molecule has 4 heterocycles. The standard InChI is InChI=1S/2C8H7N5O4.2Na/c2*1-13-5-2(6(15)11-8(9)10-5)4(14)3(12-13)7(16)17;;/h2*1H3,(H,16,17)(H3,9,10,11,15);;/q;;2*+1/p-2. The number of rotatable bonds is 2. The molecular weight excluding hydrogens is 506 g/mol. The van der Waals surface area contributed by atoms with Crippen molar-refractivity contribution in [1.29, 1.82) is 0 Å². The molecule has 4 rings (SSSR count). The smallest absolute Gasteiger partial charge is 0.543 e. The number of fused-ring (bicyclic) bond motifs is 2. The third kappa shape index (κ3) is 5.69. The van der Waals surface area contributed by atoms with Crippen LogP contribution >= 0.6 is 0 Å². The molecule has 4 aromatic heterocycles. The Morgan fingerprint density at radius 2 is 1.03 bits per heavy atom. The van der Waals surface area contributed by atoms with Gasteiger partial charge in [-0.1, -0.05) is 0 Å². The number of carboxylic acid groups (broad SMARTS) is 2. The zero-order valence-electron chi connectivity index (χ0n) is 19.1. The maximum absolute atomic E-state index is 11.7. The molecule has 36 heavy (non-hydrogen) atoms. The molecule has 0 atom stereocenters. The Morgan fingerprint density at radius 1 is 0.722 bits per heavy atom. The molecule has 0 unspecified atom stereocenters. The van der Waals surface area contributed by atoms with Crippen molar-refractivity contribution in [2.75, 3.05) is 11.5 Å². The summed E-state index contributed by atoms with van der Waals surface area (Å²) in [6, 6.07) is 0. The van der Waals surface area contributed by atoms with Crippen LogP contribution in [0.4, 0.5) is 11.9 Å². The fourth-order valence-corrected chi connectivity index (χ4v) is 2.82. The molecule has 0 fully saturated rings. The topological polar surface area (TPSA) is 294 Å². The van der Waals surface area contributed by atoms with E-state index >= 15 is 0 Å². The number of aromatic carboxylic acids is 2. The van der Waals surface area contributed by atoms with E-state index < -0.39 is 56.1 Å². The summed E-state index contributed by atoms with van der Waals surface area (Å²) in [7, 11) is 2.67. The number of aryl methyl sites for hydroxylation is 2. The van der Waals surface area contributed by atoms with E-state index in [1.165, 1.54) is 14.1 Å². The second kappa shape index (κ2) is 11.5. The van der Waals surface area contributed by atoms with E-state index in [-0.39, 0.29) is 82.3 Å². The predicted molar refractivity (Wildman–Crippen MR) is 108 cm³/mol. The Labute approximate surface area is 240 Å². The van der Waals surface area contributed by atoms with E-state index in [2.05, 4.69) is 30.1 Å². The summed E-state index contributed by atoms with van der Waals surface area (Å²) < 4.78 is 1.96. The number of aromatic amines is 2. The number of aromatic nitrogens is 8. The van der Waals surface area contributed by atoms with Gasteiger partial charge in [0.15, 0.2) is 22.7 Å². The van der Waals surface area contributed by atoms with E-state index in [1.807, 2.05) is 0 Å². The summed E-state index contributed by atoms with van der Waals surface area (Å²) in [5.41, 5.74) is 4.97. The van der Waals surface area contributed by atoms with Gasteiger partial charge in [-0.15, -0.1) is 0 Å². The summed E-state index contributed by atoms with van der Waals surface area (Å²) >= 11 is 0. The summed E-state index contributed by atoms with van der Waals surface area (Å²) in [4.78, 5) is 79.3. The average Bonchev–Trinajstić information content (AvgIpc) is 2.72. The number of anilines is 2. The fraction of sp³-hybridized carbons (Fsp3) is 0.125.